The molecule has 0 fully saturated rings. The largest absolute Gasteiger partial charge is 0.435 e. The average molecular weight is 713 g/mol. The van der Waals surface area contributed by atoms with E-state index in [9.17, 15) is 58.7 Å². The van der Waals surface area contributed by atoms with Crippen LogP contribution in [0.1, 0.15) is 38.3 Å². The molecular weight excluding hydrogens is 702 g/mol. The smallest absolute Gasteiger partial charge is 0.320 e. The van der Waals surface area contributed by atoms with Gasteiger partial charge in [-0.25, -0.2) is 22.5 Å². The Morgan fingerprint density at radius 2 is 1.56 bits per heavy atom. The van der Waals surface area contributed by atoms with Crippen LogP contribution in [0.2, 0.25) is 0 Å². The van der Waals surface area contributed by atoms with Gasteiger partial charge in [-0.2, -0.15) is 35.8 Å². The molecule has 0 aliphatic rings. The third-order valence-electron chi connectivity index (χ3n) is 5.39. The Kier molecular flexibility index (Phi) is 8.87. The number of pyridine rings is 1. The molecule has 0 aliphatic heterocycles. The summed E-state index contributed by atoms with van der Waals surface area (Å²) in [4.78, 5) is 28.3. The summed E-state index contributed by atoms with van der Waals surface area (Å²) in [6.45, 7) is 0. The lowest BCUT2D eigenvalue weighted by molar-refractivity contribution is -0.348. The standard InChI is InChI=1S/C23H11F11IN3O3/c24-15-5-4-9(8-36-15)20(40)38(41)14-3-1-2-11(16(14)25)19(39)37-17-12(18(26)27)6-10(7-13(17)35)21(28,22(29,30)31)23(32,33)34/h1-8,18,41H,(H,37,39). The number of anilines is 2. The molecule has 0 atom stereocenters. The highest BCUT2D eigenvalue weighted by Gasteiger charge is 2.73. The van der Waals surface area contributed by atoms with E-state index in [1.54, 1.807) is 5.32 Å². The summed E-state index contributed by atoms with van der Waals surface area (Å²) in [6.07, 6.45) is -16.4. The molecule has 0 unspecified atom stereocenters. The summed E-state index contributed by atoms with van der Waals surface area (Å²) in [6, 6.07) is 3.56. The minimum absolute atomic E-state index is 0.0688. The number of nitrogens with zero attached hydrogens (tertiary/aromatic N) is 2. The molecule has 1 aromatic heterocycles. The van der Waals surface area contributed by atoms with Crippen LogP contribution in [0, 0.1) is 15.3 Å². The van der Waals surface area contributed by atoms with Gasteiger partial charge in [0.2, 0.25) is 5.95 Å². The third kappa shape index (κ3) is 6.07. The highest BCUT2D eigenvalue weighted by Crippen LogP contribution is 2.54. The van der Waals surface area contributed by atoms with Crippen molar-refractivity contribution in [3.63, 3.8) is 0 Å². The van der Waals surface area contributed by atoms with Crippen LogP contribution in [0.25, 0.3) is 0 Å². The quantitative estimate of drug-likeness (QED) is 0.0914. The van der Waals surface area contributed by atoms with Crippen LogP contribution in [0.5, 0.6) is 0 Å². The molecule has 0 radical (unpaired) electrons. The van der Waals surface area contributed by atoms with Gasteiger partial charge < -0.3 is 5.32 Å². The molecule has 41 heavy (non-hydrogen) atoms. The zero-order chi connectivity index (χ0) is 31.1. The Balaban J connectivity index is 2.03. The molecule has 2 aromatic carbocycles. The number of nitrogens with one attached hydrogen (secondary N) is 1. The van der Waals surface area contributed by atoms with Crippen molar-refractivity contribution in [2.24, 2.45) is 0 Å². The Hall–Kier alpha value is -3.55. The number of hydrogen-bond acceptors (Lipinski definition) is 4. The Bertz CT molecular complexity index is 1460. The van der Waals surface area contributed by atoms with E-state index in [1.165, 1.54) is 0 Å². The molecular formula is C23H11F11IN3O3. The van der Waals surface area contributed by atoms with Gasteiger partial charge in [0.15, 0.2) is 5.82 Å². The van der Waals surface area contributed by atoms with Gasteiger partial charge in [0.25, 0.3) is 18.2 Å². The molecule has 1 heterocycles. The summed E-state index contributed by atoms with van der Waals surface area (Å²) in [5.74, 6) is -5.56. The highest BCUT2D eigenvalue weighted by atomic mass is 127. The molecule has 0 bridgehead atoms. The second-order valence-electron chi connectivity index (χ2n) is 7.96. The van der Waals surface area contributed by atoms with E-state index in [0.717, 1.165) is 52.9 Å². The fourth-order valence-electron chi connectivity index (χ4n) is 3.39. The molecule has 0 saturated carbocycles. The monoisotopic (exact) mass is 713 g/mol. The lowest BCUT2D eigenvalue weighted by Gasteiger charge is -2.31. The molecule has 6 nitrogen and oxygen atoms in total. The fourth-order valence-corrected chi connectivity index (χ4v) is 4.17. The molecule has 220 valence electrons. The maximum atomic E-state index is 15.1. The lowest BCUT2D eigenvalue weighted by Crippen LogP contribution is -2.50. The van der Waals surface area contributed by atoms with Crippen LogP contribution in [0.15, 0.2) is 48.7 Å². The summed E-state index contributed by atoms with van der Waals surface area (Å²) < 4.78 is 148. The molecule has 3 aromatic rings. The Morgan fingerprint density at radius 1 is 0.951 bits per heavy atom. The summed E-state index contributed by atoms with van der Waals surface area (Å²) in [7, 11) is 0. The zero-order valence-corrected chi connectivity index (χ0v) is 21.5. The van der Waals surface area contributed by atoms with E-state index in [1.807, 2.05) is 0 Å². The number of rotatable bonds is 6. The minimum Gasteiger partial charge on any atom is -0.320 e. The second kappa shape index (κ2) is 11.4. The van der Waals surface area contributed by atoms with Crippen molar-refractivity contribution in [1.82, 2.24) is 4.98 Å². The van der Waals surface area contributed by atoms with Crippen molar-refractivity contribution in [2.75, 3.05) is 10.4 Å². The molecule has 0 aliphatic carbocycles. The van der Waals surface area contributed by atoms with Crippen LogP contribution in [-0.2, 0) is 5.67 Å². The van der Waals surface area contributed by atoms with Crippen LogP contribution >= 0.6 is 22.6 Å². The van der Waals surface area contributed by atoms with Crippen LogP contribution in [0.3, 0.4) is 0 Å². The third-order valence-corrected chi connectivity index (χ3v) is 6.24. The number of hydrogen-bond donors (Lipinski definition) is 2. The number of carbonyl (C=O) groups excluding carboxylic acids is 2. The van der Waals surface area contributed by atoms with Crippen molar-refractivity contribution in [2.45, 2.75) is 24.4 Å². The maximum absolute atomic E-state index is 15.1. The van der Waals surface area contributed by atoms with Crippen molar-refractivity contribution < 1.29 is 63.1 Å². The van der Waals surface area contributed by atoms with Gasteiger partial charge in [0, 0.05) is 20.9 Å². The van der Waals surface area contributed by atoms with Gasteiger partial charge >= 0.3 is 18.0 Å². The highest BCUT2D eigenvalue weighted by molar-refractivity contribution is 14.1. The average Bonchev–Trinajstić information content (AvgIpc) is 2.87. The summed E-state index contributed by atoms with van der Waals surface area (Å²) in [5, 5.41) is 11.6. The Labute approximate surface area is 234 Å². The SMILES string of the molecule is O=C(Nc1c(I)cc(C(F)(C(F)(F)F)C(F)(F)F)cc1C(F)F)c1cccc(N(O)C(=O)c2ccc(F)nc2)c1F. The number of alkyl halides is 9. The van der Waals surface area contributed by atoms with E-state index in [4.69, 9.17) is 0 Å². The maximum Gasteiger partial charge on any atom is 0.435 e. The van der Waals surface area contributed by atoms with Gasteiger partial charge in [-0.3, -0.25) is 14.8 Å². The van der Waals surface area contributed by atoms with Crippen LogP contribution in [0.4, 0.5) is 59.7 Å². The van der Waals surface area contributed by atoms with Crippen molar-refractivity contribution >= 4 is 45.8 Å². The molecule has 0 saturated heterocycles. The minimum atomic E-state index is -6.61. The van der Waals surface area contributed by atoms with Crippen LogP contribution < -0.4 is 10.4 Å². The van der Waals surface area contributed by atoms with E-state index in [2.05, 4.69) is 4.98 Å². The van der Waals surface area contributed by atoms with Gasteiger partial charge in [-0.05, 0) is 59.0 Å². The first kappa shape index (κ1) is 32.0. The molecule has 2 N–H and O–H groups in total. The molecule has 2 amide bonds. The normalized spacial score (nSPS) is 12.4. The predicted octanol–water partition coefficient (Wildman–Crippen LogP) is 7.48. The second-order valence-corrected chi connectivity index (χ2v) is 9.12. The number of hydroxylamine groups is 1. The van der Waals surface area contributed by atoms with Gasteiger partial charge in [-0.15, -0.1) is 0 Å². The van der Waals surface area contributed by atoms with Crippen molar-refractivity contribution in [3.8, 4) is 0 Å². The molecule has 18 heteroatoms. The zero-order valence-electron chi connectivity index (χ0n) is 19.4. The Morgan fingerprint density at radius 3 is 2.07 bits per heavy atom. The number of halogens is 12. The first-order valence-electron chi connectivity index (χ1n) is 10.5. The van der Waals surface area contributed by atoms with E-state index < -0.39 is 91.3 Å². The van der Waals surface area contributed by atoms with Gasteiger partial charge in [-0.1, -0.05) is 6.07 Å². The molecule has 3 rings (SSSR count). The topological polar surface area (TPSA) is 82.5 Å². The van der Waals surface area contributed by atoms with Crippen LogP contribution in [-0.4, -0.2) is 34.4 Å². The fraction of sp³-hybridized carbons (Fsp3) is 0.174. The van der Waals surface area contributed by atoms with E-state index in [-0.39, 0.29) is 11.1 Å². The summed E-state index contributed by atoms with van der Waals surface area (Å²) >= 11 is 0.969. The van der Waals surface area contributed by atoms with E-state index >= 15 is 4.39 Å². The van der Waals surface area contributed by atoms with Gasteiger partial charge in [0.1, 0.15) is 5.69 Å². The molecule has 0 spiro atoms. The van der Waals surface area contributed by atoms with Crippen molar-refractivity contribution in [3.05, 3.63) is 86.3 Å². The number of benzene rings is 2. The predicted molar refractivity (Wildman–Crippen MR) is 126 cm³/mol. The van der Waals surface area contributed by atoms with Crippen molar-refractivity contribution in [1.29, 1.82) is 0 Å². The van der Waals surface area contributed by atoms with Gasteiger partial charge in [0.05, 0.1) is 16.8 Å². The number of amides is 2. The van der Waals surface area contributed by atoms with E-state index in [0.29, 0.717) is 6.20 Å². The lowest BCUT2D eigenvalue weighted by atomic mass is 9.92. The number of carbonyl (C=O) groups is 2. The number of aromatic nitrogens is 1. The first-order valence-corrected chi connectivity index (χ1v) is 11.6. The summed E-state index contributed by atoms with van der Waals surface area (Å²) in [5.41, 5.74) is -13.4. The first-order chi connectivity index (χ1) is 18.8.